The van der Waals surface area contributed by atoms with Crippen LogP contribution in [0.5, 0.6) is 0 Å². The smallest absolute Gasteiger partial charge is 0.0613 e. The van der Waals surface area contributed by atoms with Crippen LogP contribution in [0, 0.1) is 5.92 Å². The molecule has 0 spiro atoms. The molecule has 0 aromatic carbocycles. The quantitative estimate of drug-likeness (QED) is 0.775. The van der Waals surface area contributed by atoms with E-state index in [4.69, 9.17) is 4.74 Å². The van der Waals surface area contributed by atoms with Crippen LogP contribution >= 0.6 is 0 Å². The Hall–Kier alpha value is -0.800. The van der Waals surface area contributed by atoms with E-state index in [1.165, 1.54) is 12.0 Å². The van der Waals surface area contributed by atoms with E-state index in [-0.39, 0.29) is 0 Å². The van der Waals surface area contributed by atoms with Crippen LogP contribution in [0.1, 0.15) is 25.3 Å². The minimum absolute atomic E-state index is 0.476. The minimum Gasteiger partial charge on any atom is -0.378 e. The highest BCUT2D eigenvalue weighted by molar-refractivity contribution is 5.07. The van der Waals surface area contributed by atoms with Crippen LogP contribution in [-0.2, 0) is 11.3 Å². The molecular formula is C12H20N2O. The van der Waals surface area contributed by atoms with Crippen molar-refractivity contribution in [2.24, 2.45) is 5.92 Å². The molecule has 1 aliphatic heterocycles. The van der Waals surface area contributed by atoms with Crippen molar-refractivity contribution in [1.82, 2.24) is 10.3 Å². The normalized spacial score (nSPS) is 25.9. The maximum atomic E-state index is 5.66. The summed E-state index contributed by atoms with van der Waals surface area (Å²) in [6, 6.07) is 2.11. The second-order valence-electron chi connectivity index (χ2n) is 4.22. The zero-order valence-electron chi connectivity index (χ0n) is 9.33. The van der Waals surface area contributed by atoms with Crippen LogP contribution in [0.25, 0.3) is 0 Å². The number of H-pyrrole nitrogens is 1. The summed E-state index contributed by atoms with van der Waals surface area (Å²) in [5, 5.41) is 3.49. The number of aromatic nitrogens is 1. The molecule has 0 saturated carbocycles. The average molecular weight is 208 g/mol. The number of nitrogens with one attached hydrogen (secondary N) is 2. The molecule has 1 aromatic rings. The summed E-state index contributed by atoms with van der Waals surface area (Å²) in [6.45, 7) is 5.17. The van der Waals surface area contributed by atoms with Gasteiger partial charge < -0.3 is 15.0 Å². The van der Waals surface area contributed by atoms with Crippen LogP contribution in [0.4, 0.5) is 0 Å². The van der Waals surface area contributed by atoms with E-state index < -0.39 is 0 Å². The van der Waals surface area contributed by atoms with Gasteiger partial charge in [-0.1, -0.05) is 6.92 Å². The Morgan fingerprint density at radius 2 is 2.53 bits per heavy atom. The van der Waals surface area contributed by atoms with Crippen LogP contribution < -0.4 is 5.32 Å². The number of ether oxygens (including phenoxy) is 1. The van der Waals surface area contributed by atoms with Crippen LogP contribution in [0.2, 0.25) is 0 Å². The summed E-state index contributed by atoms with van der Waals surface area (Å²) in [6.07, 6.45) is 6.82. The number of rotatable bonds is 5. The summed E-state index contributed by atoms with van der Waals surface area (Å²) in [4.78, 5) is 3.06. The van der Waals surface area contributed by atoms with E-state index in [1.807, 2.05) is 12.4 Å². The molecule has 1 fully saturated rings. The Kier molecular flexibility index (Phi) is 3.80. The van der Waals surface area contributed by atoms with Gasteiger partial charge >= 0.3 is 0 Å². The first-order valence-electron chi connectivity index (χ1n) is 5.84. The van der Waals surface area contributed by atoms with Gasteiger partial charge in [0.1, 0.15) is 0 Å². The molecule has 2 heterocycles. The van der Waals surface area contributed by atoms with E-state index in [0.29, 0.717) is 12.0 Å². The molecule has 2 unspecified atom stereocenters. The molecule has 1 saturated heterocycles. The fourth-order valence-electron chi connectivity index (χ4n) is 2.25. The van der Waals surface area contributed by atoms with Crippen molar-refractivity contribution in [3.05, 3.63) is 24.0 Å². The summed E-state index contributed by atoms with van der Waals surface area (Å²) in [5.41, 5.74) is 1.32. The molecule has 0 aliphatic carbocycles. The standard InChI is InChI=1S/C12H20N2O/c1-2-12-11(4-6-15-12)9-14-8-10-3-5-13-7-10/h3,5,7,11-14H,2,4,6,8-9H2,1H3. The Bertz CT molecular complexity index is 271. The van der Waals surface area contributed by atoms with Gasteiger partial charge in [-0.2, -0.15) is 0 Å². The van der Waals surface area contributed by atoms with Gasteiger partial charge in [0.2, 0.25) is 0 Å². The van der Waals surface area contributed by atoms with Crippen molar-refractivity contribution in [2.75, 3.05) is 13.2 Å². The van der Waals surface area contributed by atoms with Crippen molar-refractivity contribution in [3.63, 3.8) is 0 Å². The van der Waals surface area contributed by atoms with Crippen molar-refractivity contribution in [1.29, 1.82) is 0 Å². The Morgan fingerprint density at radius 3 is 3.27 bits per heavy atom. The van der Waals surface area contributed by atoms with Gasteiger partial charge in [0.15, 0.2) is 0 Å². The molecular weight excluding hydrogens is 188 g/mol. The predicted molar refractivity (Wildman–Crippen MR) is 60.6 cm³/mol. The fraction of sp³-hybridized carbons (Fsp3) is 0.667. The third-order valence-electron chi connectivity index (χ3n) is 3.15. The zero-order chi connectivity index (χ0) is 10.5. The van der Waals surface area contributed by atoms with Gasteiger partial charge in [-0.05, 0) is 30.4 Å². The molecule has 3 heteroatoms. The third kappa shape index (κ3) is 2.83. The number of hydrogen-bond acceptors (Lipinski definition) is 2. The van der Waals surface area contributed by atoms with E-state index >= 15 is 0 Å². The van der Waals surface area contributed by atoms with E-state index in [0.717, 1.165) is 26.1 Å². The topological polar surface area (TPSA) is 37.0 Å². The van der Waals surface area contributed by atoms with Gasteiger partial charge in [0.25, 0.3) is 0 Å². The molecule has 2 rings (SSSR count). The Labute approximate surface area is 91.2 Å². The van der Waals surface area contributed by atoms with Gasteiger partial charge in [-0.3, -0.25) is 0 Å². The molecule has 3 nitrogen and oxygen atoms in total. The first-order valence-corrected chi connectivity index (χ1v) is 5.84. The number of aromatic amines is 1. The molecule has 0 radical (unpaired) electrons. The van der Waals surface area contributed by atoms with Crippen molar-refractivity contribution < 1.29 is 4.74 Å². The molecule has 1 aromatic heterocycles. The molecule has 15 heavy (non-hydrogen) atoms. The van der Waals surface area contributed by atoms with E-state index in [2.05, 4.69) is 23.3 Å². The maximum Gasteiger partial charge on any atom is 0.0613 e. The summed E-state index contributed by atoms with van der Waals surface area (Å²) in [7, 11) is 0. The van der Waals surface area contributed by atoms with E-state index in [9.17, 15) is 0 Å². The largest absolute Gasteiger partial charge is 0.378 e. The molecule has 2 atom stereocenters. The van der Waals surface area contributed by atoms with Gasteiger partial charge in [0, 0.05) is 32.1 Å². The first-order chi connectivity index (χ1) is 7.40. The fourth-order valence-corrected chi connectivity index (χ4v) is 2.25. The van der Waals surface area contributed by atoms with Gasteiger partial charge in [-0.25, -0.2) is 0 Å². The highest BCUT2D eigenvalue weighted by Gasteiger charge is 2.25. The molecule has 1 aliphatic rings. The zero-order valence-corrected chi connectivity index (χ0v) is 9.33. The lowest BCUT2D eigenvalue weighted by Gasteiger charge is -2.16. The third-order valence-corrected chi connectivity index (χ3v) is 3.15. The molecule has 2 N–H and O–H groups in total. The predicted octanol–water partition coefficient (Wildman–Crippen LogP) is 1.92. The summed E-state index contributed by atoms with van der Waals surface area (Å²) < 4.78 is 5.66. The Morgan fingerprint density at radius 1 is 1.60 bits per heavy atom. The molecule has 84 valence electrons. The number of hydrogen-bond donors (Lipinski definition) is 2. The minimum atomic E-state index is 0.476. The van der Waals surface area contributed by atoms with Crippen molar-refractivity contribution in [2.45, 2.75) is 32.4 Å². The highest BCUT2D eigenvalue weighted by atomic mass is 16.5. The van der Waals surface area contributed by atoms with E-state index in [1.54, 1.807) is 0 Å². The Balaban J connectivity index is 1.69. The van der Waals surface area contributed by atoms with Crippen molar-refractivity contribution in [3.8, 4) is 0 Å². The lowest BCUT2D eigenvalue weighted by Crippen LogP contribution is -2.27. The SMILES string of the molecule is CCC1OCCC1CNCc1cc[nH]c1. The summed E-state index contributed by atoms with van der Waals surface area (Å²) >= 11 is 0. The molecule has 0 bridgehead atoms. The second-order valence-corrected chi connectivity index (χ2v) is 4.22. The maximum absolute atomic E-state index is 5.66. The van der Waals surface area contributed by atoms with Crippen LogP contribution in [0.15, 0.2) is 18.5 Å². The summed E-state index contributed by atoms with van der Waals surface area (Å²) in [5.74, 6) is 0.703. The van der Waals surface area contributed by atoms with Gasteiger partial charge in [0.05, 0.1) is 6.10 Å². The van der Waals surface area contributed by atoms with Crippen LogP contribution in [-0.4, -0.2) is 24.2 Å². The highest BCUT2D eigenvalue weighted by Crippen LogP contribution is 2.22. The second kappa shape index (κ2) is 5.33. The lowest BCUT2D eigenvalue weighted by atomic mass is 10.00. The molecule has 0 amide bonds. The van der Waals surface area contributed by atoms with Gasteiger partial charge in [-0.15, -0.1) is 0 Å². The lowest BCUT2D eigenvalue weighted by molar-refractivity contribution is 0.0872. The average Bonchev–Trinajstić information content (AvgIpc) is 2.88. The first kappa shape index (κ1) is 10.7. The monoisotopic (exact) mass is 208 g/mol. The van der Waals surface area contributed by atoms with Crippen LogP contribution in [0.3, 0.4) is 0 Å². The van der Waals surface area contributed by atoms with Crippen molar-refractivity contribution >= 4 is 0 Å².